The minimum atomic E-state index is -4.47. The van der Waals surface area contributed by atoms with Crippen molar-refractivity contribution in [2.24, 2.45) is 0 Å². The Morgan fingerprint density at radius 1 is 0.842 bits per heavy atom. The molecule has 3 nitrogen and oxygen atoms in total. The van der Waals surface area contributed by atoms with Crippen molar-refractivity contribution in [2.75, 3.05) is 0 Å². The Labute approximate surface area is 116 Å². The zero-order chi connectivity index (χ0) is 13.9. The number of rotatable bonds is 3. The maximum absolute atomic E-state index is 11.7. The molecule has 0 saturated heterocycles. The molecule has 98 valence electrons. The minimum Gasteiger partial charge on any atom is -0.321 e. The topological polar surface area (TPSA) is 57.5 Å². The van der Waals surface area contributed by atoms with E-state index >= 15 is 0 Å². The lowest BCUT2D eigenvalue weighted by Crippen LogP contribution is -1.90. The lowest BCUT2D eigenvalue weighted by atomic mass is 10.1. The van der Waals surface area contributed by atoms with Gasteiger partial charge in [-0.3, -0.25) is 4.57 Å². The molecule has 0 radical (unpaired) electrons. The first-order valence-corrected chi connectivity index (χ1v) is 7.56. The third-order valence-corrected chi connectivity index (χ3v) is 4.18. The molecule has 2 aromatic rings. The molecule has 0 fully saturated rings. The van der Waals surface area contributed by atoms with Crippen LogP contribution in [0.15, 0.2) is 60.7 Å². The van der Waals surface area contributed by atoms with E-state index in [1.54, 1.807) is 54.6 Å². The van der Waals surface area contributed by atoms with E-state index in [4.69, 9.17) is 11.6 Å². The average molecular weight is 295 g/mol. The SMILES string of the molecule is O=P(O)(O)C(=C(Cl)c1ccccc1)c1ccccc1. The Kier molecular flexibility index (Phi) is 4.23. The average Bonchev–Trinajstić information content (AvgIpc) is 2.39. The zero-order valence-electron chi connectivity index (χ0n) is 9.90. The molecule has 0 aliphatic heterocycles. The van der Waals surface area contributed by atoms with Gasteiger partial charge in [-0.15, -0.1) is 0 Å². The van der Waals surface area contributed by atoms with Crippen molar-refractivity contribution in [1.82, 2.24) is 0 Å². The molecule has 19 heavy (non-hydrogen) atoms. The van der Waals surface area contributed by atoms with E-state index in [0.717, 1.165) is 0 Å². The fourth-order valence-electron chi connectivity index (χ4n) is 1.74. The summed E-state index contributed by atoms with van der Waals surface area (Å²) in [5.41, 5.74) is 0.996. The maximum atomic E-state index is 11.7. The van der Waals surface area contributed by atoms with Crippen molar-refractivity contribution in [3.63, 3.8) is 0 Å². The lowest BCUT2D eigenvalue weighted by Gasteiger charge is -2.13. The highest BCUT2D eigenvalue weighted by atomic mass is 35.5. The summed E-state index contributed by atoms with van der Waals surface area (Å²) in [6.07, 6.45) is 0. The van der Waals surface area contributed by atoms with Crippen LogP contribution in [-0.4, -0.2) is 9.79 Å². The molecule has 0 unspecified atom stereocenters. The predicted molar refractivity (Wildman–Crippen MR) is 77.6 cm³/mol. The summed E-state index contributed by atoms with van der Waals surface area (Å²) in [7, 11) is -4.47. The van der Waals surface area contributed by atoms with Crippen LogP contribution in [0.25, 0.3) is 10.3 Å². The van der Waals surface area contributed by atoms with Crippen LogP contribution < -0.4 is 0 Å². The van der Waals surface area contributed by atoms with Gasteiger partial charge in [0.05, 0.1) is 10.3 Å². The van der Waals surface area contributed by atoms with Gasteiger partial charge in [0.15, 0.2) is 0 Å². The van der Waals surface area contributed by atoms with Crippen molar-refractivity contribution < 1.29 is 14.4 Å². The second kappa shape index (κ2) is 5.72. The quantitative estimate of drug-likeness (QED) is 0.666. The summed E-state index contributed by atoms with van der Waals surface area (Å²) in [5.74, 6) is 0. The Bertz CT molecular complexity index is 632. The third-order valence-electron chi connectivity index (χ3n) is 2.57. The Hall–Kier alpha value is -1.38. The number of halogens is 1. The van der Waals surface area contributed by atoms with Crippen LogP contribution >= 0.6 is 19.2 Å². The third kappa shape index (κ3) is 3.34. The number of hydrogen-bond donors (Lipinski definition) is 2. The van der Waals surface area contributed by atoms with E-state index in [9.17, 15) is 14.4 Å². The van der Waals surface area contributed by atoms with Crippen LogP contribution in [0.2, 0.25) is 0 Å². The molecule has 0 aliphatic carbocycles. The van der Waals surface area contributed by atoms with Crippen molar-refractivity contribution in [3.8, 4) is 0 Å². The van der Waals surface area contributed by atoms with Gasteiger partial charge in [-0.05, 0) is 11.1 Å². The van der Waals surface area contributed by atoms with Crippen LogP contribution in [0, 0.1) is 0 Å². The Morgan fingerprint density at radius 2 is 1.26 bits per heavy atom. The second-order valence-electron chi connectivity index (χ2n) is 3.94. The van der Waals surface area contributed by atoms with Crippen molar-refractivity contribution in [2.45, 2.75) is 0 Å². The van der Waals surface area contributed by atoms with Crippen LogP contribution in [0.3, 0.4) is 0 Å². The van der Waals surface area contributed by atoms with Gasteiger partial charge in [0.2, 0.25) is 0 Å². The fourth-order valence-corrected chi connectivity index (χ4v) is 3.18. The molecule has 0 atom stereocenters. The summed E-state index contributed by atoms with van der Waals surface area (Å²) in [6.45, 7) is 0. The first kappa shape index (κ1) is 14.0. The number of hydrogen-bond acceptors (Lipinski definition) is 1. The predicted octanol–water partition coefficient (Wildman–Crippen LogP) is 3.93. The first-order chi connectivity index (χ1) is 9.00. The van der Waals surface area contributed by atoms with Gasteiger partial charge >= 0.3 is 7.60 Å². The summed E-state index contributed by atoms with van der Waals surface area (Å²) < 4.78 is 11.7. The summed E-state index contributed by atoms with van der Waals surface area (Å²) in [6, 6.07) is 17.2. The molecule has 0 spiro atoms. The second-order valence-corrected chi connectivity index (χ2v) is 5.85. The zero-order valence-corrected chi connectivity index (χ0v) is 11.6. The minimum absolute atomic E-state index is 0.0696. The fraction of sp³-hybridized carbons (Fsp3) is 0. The van der Waals surface area contributed by atoms with Gasteiger partial charge in [0, 0.05) is 0 Å². The summed E-state index contributed by atoms with van der Waals surface area (Å²) in [4.78, 5) is 19.1. The highest BCUT2D eigenvalue weighted by Crippen LogP contribution is 2.55. The van der Waals surface area contributed by atoms with Gasteiger partial charge in [-0.25, -0.2) is 0 Å². The standard InChI is InChI=1S/C14H12ClO3P/c15-13(11-7-3-1-4-8-11)14(19(16,17)18)12-9-5-2-6-10-12/h1-10H,(H2,16,17,18). The molecule has 0 amide bonds. The molecule has 0 aliphatic rings. The largest absolute Gasteiger partial charge is 0.358 e. The molecule has 2 N–H and O–H groups in total. The van der Waals surface area contributed by atoms with E-state index < -0.39 is 7.60 Å². The van der Waals surface area contributed by atoms with Crippen molar-refractivity contribution in [3.05, 3.63) is 71.8 Å². The molecule has 5 heteroatoms. The van der Waals surface area contributed by atoms with Crippen molar-refractivity contribution >= 4 is 29.5 Å². The van der Waals surface area contributed by atoms with Gasteiger partial charge in [-0.1, -0.05) is 72.3 Å². The van der Waals surface area contributed by atoms with Crippen LogP contribution in [0.4, 0.5) is 0 Å². The van der Waals surface area contributed by atoms with Crippen LogP contribution in [0.5, 0.6) is 0 Å². The van der Waals surface area contributed by atoms with Crippen LogP contribution in [0.1, 0.15) is 11.1 Å². The molecule has 0 saturated carbocycles. The van der Waals surface area contributed by atoms with Crippen LogP contribution in [-0.2, 0) is 4.57 Å². The Morgan fingerprint density at radius 3 is 1.68 bits per heavy atom. The molecule has 0 bridgehead atoms. The van der Waals surface area contributed by atoms with E-state index in [0.29, 0.717) is 11.1 Å². The van der Waals surface area contributed by atoms with Gasteiger partial charge < -0.3 is 9.79 Å². The normalized spacial score (nSPS) is 13.0. The van der Waals surface area contributed by atoms with E-state index in [1.807, 2.05) is 6.07 Å². The van der Waals surface area contributed by atoms with Gasteiger partial charge in [0.25, 0.3) is 0 Å². The highest BCUT2D eigenvalue weighted by molar-refractivity contribution is 7.64. The molecule has 0 aromatic heterocycles. The first-order valence-electron chi connectivity index (χ1n) is 5.57. The molecular weight excluding hydrogens is 283 g/mol. The van der Waals surface area contributed by atoms with Gasteiger partial charge in [-0.2, -0.15) is 0 Å². The summed E-state index contributed by atoms with van der Waals surface area (Å²) >= 11 is 6.18. The maximum Gasteiger partial charge on any atom is 0.358 e. The van der Waals surface area contributed by atoms with E-state index in [-0.39, 0.29) is 10.3 Å². The van der Waals surface area contributed by atoms with E-state index in [1.165, 1.54) is 0 Å². The molecule has 0 heterocycles. The molecule has 2 rings (SSSR count). The number of benzene rings is 2. The van der Waals surface area contributed by atoms with Crippen molar-refractivity contribution in [1.29, 1.82) is 0 Å². The lowest BCUT2D eigenvalue weighted by molar-refractivity contribution is 0.388. The molecular formula is C14H12ClO3P. The van der Waals surface area contributed by atoms with Gasteiger partial charge in [0.1, 0.15) is 0 Å². The molecule has 2 aromatic carbocycles. The van der Waals surface area contributed by atoms with E-state index in [2.05, 4.69) is 0 Å². The Balaban J connectivity index is 2.66. The smallest absolute Gasteiger partial charge is 0.321 e. The monoisotopic (exact) mass is 294 g/mol. The highest BCUT2D eigenvalue weighted by Gasteiger charge is 2.26. The summed E-state index contributed by atoms with van der Waals surface area (Å²) in [5, 5.41) is -0.0823.